The molecule has 0 spiro atoms. The van der Waals surface area contributed by atoms with Crippen molar-refractivity contribution in [2.75, 3.05) is 0 Å². The molecule has 0 atom stereocenters. The minimum absolute atomic E-state index is 0.965. The van der Waals surface area contributed by atoms with Gasteiger partial charge in [0.1, 0.15) is 0 Å². The molecular weight excluding hydrogens is 420 g/mol. The number of para-hydroxylation sites is 4. The highest BCUT2D eigenvalue weighted by molar-refractivity contribution is 5.77. The molecule has 0 amide bonds. The van der Waals surface area contributed by atoms with Gasteiger partial charge < -0.3 is 0 Å². The monoisotopic (exact) mass is 444 g/mol. The number of imidazole rings is 2. The number of aromatic nitrogens is 4. The molecule has 2 heterocycles. The van der Waals surface area contributed by atoms with Crippen molar-refractivity contribution in [3.05, 3.63) is 109 Å². The topological polar surface area (TPSA) is 42.3 Å². The Labute approximate surface area is 197 Å². The largest absolute Gasteiger partial charge is 0.316 e. The predicted octanol–water partition coefficient (Wildman–Crippen LogP) is 5.26. The van der Waals surface area contributed by atoms with Gasteiger partial charge in [-0.1, -0.05) is 70.0 Å². The second-order valence-electron chi connectivity index (χ2n) is 8.28. The first-order chi connectivity index (χ1) is 16.7. The molecule has 0 unspecified atom stereocenters. The third-order valence-electron chi connectivity index (χ3n) is 6.26. The zero-order chi connectivity index (χ0) is 23.1. The Bertz CT molecular complexity index is 1530. The molecule has 0 radical (unpaired) electrons. The van der Waals surface area contributed by atoms with Gasteiger partial charge in [0, 0.05) is 0 Å². The fraction of sp³-hybridized carbons (Fsp3) is 0.0714. The zero-order valence-corrected chi connectivity index (χ0v) is 19.1. The van der Waals surface area contributed by atoms with Crippen molar-refractivity contribution in [2.45, 2.75) is 0 Å². The molecule has 0 N–H and O–H groups in total. The summed E-state index contributed by atoms with van der Waals surface area (Å²) in [6.45, 7) is 0. The Kier molecular flexibility index (Phi) is 4.77. The van der Waals surface area contributed by atoms with Crippen LogP contribution in [-0.2, 0) is 14.1 Å². The van der Waals surface area contributed by atoms with Crippen LogP contribution in [0.15, 0.2) is 120 Å². The average molecular weight is 445 g/mol. The molecule has 164 valence electrons. The van der Waals surface area contributed by atoms with E-state index in [4.69, 9.17) is 10.4 Å². The average Bonchev–Trinajstić information content (AvgIpc) is 3.34. The van der Waals surface area contributed by atoms with Gasteiger partial charge in [-0.15, -0.1) is 0 Å². The van der Waals surface area contributed by atoms with Gasteiger partial charge in [0.2, 0.25) is 11.0 Å². The Morgan fingerprint density at radius 3 is 1.24 bits per heavy atom. The van der Waals surface area contributed by atoms with Gasteiger partial charge in [-0.25, -0.2) is 9.13 Å². The van der Waals surface area contributed by atoms with E-state index in [1.807, 2.05) is 70.0 Å². The third-order valence-corrected chi connectivity index (χ3v) is 6.26. The molecule has 0 bridgehead atoms. The van der Waals surface area contributed by atoms with Crippen molar-refractivity contribution in [1.29, 1.82) is 0 Å². The molecule has 6 heteroatoms. The third kappa shape index (κ3) is 3.11. The summed E-state index contributed by atoms with van der Waals surface area (Å²) in [5, 5.41) is 9.64. The molecule has 0 aliphatic rings. The Morgan fingerprint density at radius 2 is 0.824 bits per heavy atom. The second-order valence-corrected chi connectivity index (χ2v) is 8.28. The van der Waals surface area contributed by atoms with Gasteiger partial charge in [-0.3, -0.25) is 0 Å². The maximum atomic E-state index is 4.82. The van der Waals surface area contributed by atoms with Crippen molar-refractivity contribution in [1.82, 2.24) is 9.35 Å². The summed E-state index contributed by atoms with van der Waals surface area (Å²) in [5.41, 5.74) is 6.32. The van der Waals surface area contributed by atoms with Crippen LogP contribution in [0.5, 0.6) is 0 Å². The molecule has 0 aliphatic heterocycles. The first kappa shape index (κ1) is 20.1. The number of nitrogens with zero attached hydrogens (tertiary/aromatic N) is 6. The molecule has 2 aromatic heterocycles. The van der Waals surface area contributed by atoms with Crippen LogP contribution in [0.3, 0.4) is 0 Å². The summed E-state index contributed by atoms with van der Waals surface area (Å²) in [6, 6.07) is 37.1. The van der Waals surface area contributed by atoms with Crippen molar-refractivity contribution in [2.24, 2.45) is 24.5 Å². The van der Waals surface area contributed by atoms with E-state index in [2.05, 4.69) is 71.8 Å². The summed E-state index contributed by atoms with van der Waals surface area (Å²) in [6.07, 6.45) is 0. The number of rotatable bonds is 4. The van der Waals surface area contributed by atoms with E-state index in [9.17, 15) is 0 Å². The van der Waals surface area contributed by atoms with E-state index in [1.165, 1.54) is 0 Å². The van der Waals surface area contributed by atoms with E-state index in [1.54, 1.807) is 0 Å². The van der Waals surface area contributed by atoms with Gasteiger partial charge in [-0.2, -0.15) is 0 Å². The second kappa shape index (κ2) is 8.08. The first-order valence-corrected chi connectivity index (χ1v) is 11.3. The van der Waals surface area contributed by atoms with Gasteiger partial charge in [-0.05, 0) is 48.5 Å². The number of benzene rings is 4. The lowest BCUT2D eigenvalue weighted by molar-refractivity contribution is -0.634. The minimum Gasteiger partial charge on any atom is -0.224 e. The summed E-state index contributed by atoms with van der Waals surface area (Å²) in [7, 11) is 4.13. The lowest BCUT2D eigenvalue weighted by Crippen LogP contribution is -2.30. The van der Waals surface area contributed by atoms with Crippen LogP contribution in [0.1, 0.15) is 0 Å². The first-order valence-electron chi connectivity index (χ1n) is 11.3. The SMILES string of the molecule is C[n+]1c(-c2ccccc2)n(N=Nn2c(-c3ccccc3)[n+](C)c3ccccc32)c2ccccc21. The smallest absolute Gasteiger partial charge is 0.224 e. The zero-order valence-electron chi connectivity index (χ0n) is 19.1. The molecule has 6 aromatic rings. The quantitative estimate of drug-likeness (QED) is 0.263. The highest BCUT2D eigenvalue weighted by Gasteiger charge is 2.28. The Hall–Kier alpha value is -4.58. The standard InChI is InChI=1S/C28H24N6/c1-31-23-17-9-11-19-25(23)33(27(31)21-13-5-3-6-14-21)29-30-34-26-20-12-10-18-24(26)32(2)28(34)22-15-7-4-8-16-22/h3-20H,1-2H3/q+2. The number of hydrogen-bond acceptors (Lipinski definition) is 2. The molecule has 34 heavy (non-hydrogen) atoms. The van der Waals surface area contributed by atoms with Crippen molar-refractivity contribution in [3.8, 4) is 22.8 Å². The molecule has 0 fully saturated rings. The summed E-state index contributed by atoms with van der Waals surface area (Å²) < 4.78 is 8.17. The molecule has 6 nitrogen and oxygen atoms in total. The highest BCUT2D eigenvalue weighted by Crippen LogP contribution is 2.25. The van der Waals surface area contributed by atoms with E-state index in [-0.39, 0.29) is 0 Å². The van der Waals surface area contributed by atoms with Crippen molar-refractivity contribution < 1.29 is 9.13 Å². The van der Waals surface area contributed by atoms with Gasteiger partial charge in [0.05, 0.1) is 35.7 Å². The van der Waals surface area contributed by atoms with E-state index in [0.29, 0.717) is 0 Å². The van der Waals surface area contributed by atoms with Crippen molar-refractivity contribution >= 4 is 22.1 Å². The van der Waals surface area contributed by atoms with Gasteiger partial charge in [0.25, 0.3) is 0 Å². The summed E-state index contributed by atoms with van der Waals surface area (Å²) in [5.74, 6) is 1.93. The maximum Gasteiger partial charge on any atom is 0.316 e. The fourth-order valence-electron chi connectivity index (χ4n) is 4.66. The minimum atomic E-state index is 0.965. The molecular formula is C28H24N6+2. The van der Waals surface area contributed by atoms with Crippen LogP contribution >= 0.6 is 0 Å². The van der Waals surface area contributed by atoms with E-state index >= 15 is 0 Å². The van der Waals surface area contributed by atoms with Crippen molar-refractivity contribution in [3.63, 3.8) is 0 Å². The van der Waals surface area contributed by atoms with Crippen LogP contribution in [0.2, 0.25) is 0 Å². The lowest BCUT2D eigenvalue weighted by atomic mass is 10.2. The van der Waals surface area contributed by atoms with Crippen LogP contribution in [0.25, 0.3) is 44.8 Å². The number of hydrogen-bond donors (Lipinski definition) is 0. The molecule has 0 saturated carbocycles. The molecule has 4 aromatic carbocycles. The molecule has 0 aliphatic carbocycles. The summed E-state index contributed by atoms with van der Waals surface area (Å²) in [4.78, 5) is 0. The lowest BCUT2D eigenvalue weighted by Gasteiger charge is -1.98. The fourth-order valence-corrected chi connectivity index (χ4v) is 4.66. The number of fused-ring (bicyclic) bond motifs is 2. The van der Waals surface area contributed by atoms with Gasteiger partial charge >= 0.3 is 11.6 Å². The molecule has 6 rings (SSSR count). The molecule has 0 saturated heterocycles. The van der Waals surface area contributed by atoms with E-state index in [0.717, 1.165) is 44.8 Å². The van der Waals surface area contributed by atoms with E-state index < -0.39 is 0 Å². The van der Waals surface area contributed by atoms with Crippen LogP contribution in [0, 0.1) is 0 Å². The highest BCUT2D eigenvalue weighted by atomic mass is 15.6. The predicted molar refractivity (Wildman–Crippen MR) is 133 cm³/mol. The van der Waals surface area contributed by atoms with Crippen LogP contribution in [0.4, 0.5) is 0 Å². The number of aryl methyl sites for hydroxylation is 2. The summed E-state index contributed by atoms with van der Waals surface area (Å²) >= 11 is 0. The Balaban J connectivity index is 1.62. The van der Waals surface area contributed by atoms with Crippen LogP contribution < -0.4 is 9.13 Å². The Morgan fingerprint density at radius 1 is 0.471 bits per heavy atom. The maximum absolute atomic E-state index is 4.82. The van der Waals surface area contributed by atoms with Crippen LogP contribution in [-0.4, -0.2) is 9.35 Å². The van der Waals surface area contributed by atoms with Gasteiger partial charge in [0.15, 0.2) is 11.0 Å². The normalized spacial score (nSPS) is 11.7.